The molecule has 1 fully saturated rings. The van der Waals surface area contributed by atoms with E-state index in [1.807, 2.05) is 37.3 Å². The predicted octanol–water partition coefficient (Wildman–Crippen LogP) is 5.70. The average molecular weight is 544 g/mol. The Labute approximate surface area is 216 Å². The number of hydrogen-bond donors (Lipinski definition) is 1. The highest BCUT2D eigenvalue weighted by Gasteiger charge is 2.46. The van der Waals surface area contributed by atoms with Gasteiger partial charge in [0.15, 0.2) is 0 Å². The molecule has 0 radical (unpaired) electrons. The molecule has 188 valence electrons. The highest BCUT2D eigenvalue weighted by molar-refractivity contribution is 9.10. The zero-order chi connectivity index (χ0) is 25.5. The molecule has 2 aromatic rings. The van der Waals surface area contributed by atoms with Crippen molar-refractivity contribution in [1.82, 2.24) is 9.80 Å². The molecule has 1 N–H and O–H groups in total. The number of aryl methyl sites for hydroxylation is 1. The van der Waals surface area contributed by atoms with Gasteiger partial charge in [0.2, 0.25) is 0 Å². The van der Waals surface area contributed by atoms with E-state index in [-0.39, 0.29) is 11.3 Å². The van der Waals surface area contributed by atoms with Gasteiger partial charge in [-0.05, 0) is 67.9 Å². The summed E-state index contributed by atoms with van der Waals surface area (Å²) >= 11 is 3.50. The standard InChI is InChI=1S/C28H35BrN2O4/c1-5-8-16-35-23-13-12-21(17-19(23)4)26(32)24-25(20-10-9-11-22(29)18-20)31(28(34)27(24)33)15-14-30(6-2)7-3/h9-13,17-18,25,32H,5-8,14-16H2,1-4H3/t25-/m1/s1. The Morgan fingerprint density at radius 2 is 1.86 bits per heavy atom. The summed E-state index contributed by atoms with van der Waals surface area (Å²) in [4.78, 5) is 30.2. The van der Waals surface area contributed by atoms with Gasteiger partial charge in [-0.15, -0.1) is 0 Å². The van der Waals surface area contributed by atoms with E-state index >= 15 is 0 Å². The molecule has 1 aliphatic rings. The molecule has 0 bridgehead atoms. The Bertz CT molecular complexity index is 1090. The smallest absolute Gasteiger partial charge is 0.295 e. The summed E-state index contributed by atoms with van der Waals surface area (Å²) in [7, 11) is 0. The summed E-state index contributed by atoms with van der Waals surface area (Å²) in [6, 6.07) is 12.2. The minimum atomic E-state index is -0.663. The summed E-state index contributed by atoms with van der Waals surface area (Å²) in [6.45, 7) is 11.5. The van der Waals surface area contributed by atoms with Gasteiger partial charge in [-0.25, -0.2) is 0 Å². The number of unbranched alkanes of at least 4 members (excludes halogenated alkanes) is 1. The highest BCUT2D eigenvalue weighted by atomic mass is 79.9. The molecule has 1 atom stereocenters. The van der Waals surface area contributed by atoms with Crippen molar-refractivity contribution >= 4 is 33.4 Å². The lowest BCUT2D eigenvalue weighted by Gasteiger charge is -2.28. The van der Waals surface area contributed by atoms with Crippen molar-refractivity contribution in [2.75, 3.05) is 32.8 Å². The van der Waals surface area contributed by atoms with Crippen LogP contribution in [-0.4, -0.2) is 59.4 Å². The van der Waals surface area contributed by atoms with Crippen molar-refractivity contribution in [2.45, 2.75) is 46.6 Å². The Morgan fingerprint density at radius 1 is 1.11 bits per heavy atom. The van der Waals surface area contributed by atoms with Crippen LogP contribution in [0.2, 0.25) is 0 Å². The van der Waals surface area contributed by atoms with Gasteiger partial charge < -0.3 is 19.6 Å². The van der Waals surface area contributed by atoms with Crippen molar-refractivity contribution in [3.05, 3.63) is 69.2 Å². The van der Waals surface area contributed by atoms with Crippen LogP contribution in [0.5, 0.6) is 5.75 Å². The van der Waals surface area contributed by atoms with Crippen molar-refractivity contribution < 1.29 is 19.4 Å². The van der Waals surface area contributed by atoms with E-state index in [0.717, 1.165) is 47.3 Å². The molecule has 35 heavy (non-hydrogen) atoms. The van der Waals surface area contributed by atoms with Gasteiger partial charge in [0.1, 0.15) is 11.5 Å². The van der Waals surface area contributed by atoms with Crippen LogP contribution in [0.15, 0.2) is 52.5 Å². The number of ether oxygens (including phenoxy) is 1. The van der Waals surface area contributed by atoms with Gasteiger partial charge >= 0.3 is 0 Å². The first kappa shape index (κ1) is 27.0. The van der Waals surface area contributed by atoms with Gasteiger partial charge in [-0.2, -0.15) is 0 Å². The van der Waals surface area contributed by atoms with Gasteiger partial charge in [0.25, 0.3) is 11.7 Å². The summed E-state index contributed by atoms with van der Waals surface area (Å²) < 4.78 is 6.68. The normalized spacial score (nSPS) is 17.4. The molecule has 7 heteroatoms. The zero-order valence-corrected chi connectivity index (χ0v) is 22.6. The molecule has 1 amide bonds. The van der Waals surface area contributed by atoms with Gasteiger partial charge in [-0.3, -0.25) is 9.59 Å². The maximum Gasteiger partial charge on any atom is 0.295 e. The third-order valence-electron chi connectivity index (χ3n) is 6.46. The van der Waals surface area contributed by atoms with E-state index in [1.54, 1.807) is 17.0 Å². The molecular weight excluding hydrogens is 508 g/mol. The number of aliphatic hydroxyl groups excluding tert-OH is 1. The molecule has 1 heterocycles. The number of benzene rings is 2. The lowest BCUT2D eigenvalue weighted by molar-refractivity contribution is -0.140. The number of likely N-dealkylation sites (N-methyl/N-ethyl adjacent to an activating group) is 1. The first-order valence-electron chi connectivity index (χ1n) is 12.3. The van der Waals surface area contributed by atoms with Gasteiger partial charge in [-0.1, -0.05) is 55.3 Å². The van der Waals surface area contributed by atoms with Crippen LogP contribution in [0, 0.1) is 6.92 Å². The molecule has 6 nitrogen and oxygen atoms in total. The van der Waals surface area contributed by atoms with Crippen LogP contribution in [0.1, 0.15) is 56.3 Å². The third kappa shape index (κ3) is 6.14. The maximum atomic E-state index is 13.3. The molecule has 3 rings (SSSR count). The van der Waals surface area contributed by atoms with E-state index in [4.69, 9.17) is 4.74 Å². The third-order valence-corrected chi connectivity index (χ3v) is 6.95. The first-order valence-corrected chi connectivity index (χ1v) is 13.1. The van der Waals surface area contributed by atoms with Crippen molar-refractivity contribution in [1.29, 1.82) is 0 Å². The second-order valence-electron chi connectivity index (χ2n) is 8.76. The predicted molar refractivity (Wildman–Crippen MR) is 143 cm³/mol. The van der Waals surface area contributed by atoms with Crippen LogP contribution in [-0.2, 0) is 9.59 Å². The van der Waals surface area contributed by atoms with Crippen LogP contribution in [0.3, 0.4) is 0 Å². The van der Waals surface area contributed by atoms with E-state index in [1.165, 1.54) is 0 Å². The number of carbonyl (C=O) groups is 2. The lowest BCUT2D eigenvalue weighted by atomic mass is 9.95. The van der Waals surface area contributed by atoms with Gasteiger partial charge in [0.05, 0.1) is 18.2 Å². The SMILES string of the molecule is CCCCOc1ccc(C(O)=C2C(=O)C(=O)N(CCN(CC)CC)[C@@H]2c2cccc(Br)c2)cc1C. The summed E-state index contributed by atoms with van der Waals surface area (Å²) in [5.41, 5.74) is 2.25. The van der Waals surface area contributed by atoms with Crippen LogP contribution in [0.25, 0.3) is 5.76 Å². The number of amides is 1. The summed E-state index contributed by atoms with van der Waals surface area (Å²) in [6.07, 6.45) is 2.01. The Morgan fingerprint density at radius 3 is 2.49 bits per heavy atom. The maximum absolute atomic E-state index is 13.3. The second-order valence-corrected chi connectivity index (χ2v) is 9.67. The highest BCUT2D eigenvalue weighted by Crippen LogP contribution is 2.40. The fourth-order valence-electron chi connectivity index (χ4n) is 4.36. The topological polar surface area (TPSA) is 70.1 Å². The fourth-order valence-corrected chi connectivity index (χ4v) is 4.78. The number of carbonyl (C=O) groups excluding carboxylic acids is 2. The van der Waals surface area contributed by atoms with Crippen LogP contribution in [0.4, 0.5) is 0 Å². The van der Waals surface area contributed by atoms with E-state index in [9.17, 15) is 14.7 Å². The molecule has 0 spiro atoms. The number of halogens is 1. The number of ketones is 1. The molecule has 1 aliphatic heterocycles. The fraction of sp³-hybridized carbons (Fsp3) is 0.429. The molecule has 0 saturated carbocycles. The Balaban J connectivity index is 2.04. The zero-order valence-electron chi connectivity index (χ0n) is 21.0. The van der Waals surface area contributed by atoms with E-state index < -0.39 is 17.7 Å². The van der Waals surface area contributed by atoms with Crippen molar-refractivity contribution in [2.24, 2.45) is 0 Å². The molecule has 2 aromatic carbocycles. The monoisotopic (exact) mass is 542 g/mol. The second kappa shape index (κ2) is 12.4. The van der Waals surface area contributed by atoms with Crippen molar-refractivity contribution in [3.63, 3.8) is 0 Å². The van der Waals surface area contributed by atoms with Crippen LogP contribution < -0.4 is 4.74 Å². The molecule has 1 saturated heterocycles. The molecule has 0 unspecified atom stereocenters. The molecule has 0 aromatic heterocycles. The van der Waals surface area contributed by atoms with Crippen LogP contribution >= 0.6 is 15.9 Å². The lowest BCUT2D eigenvalue weighted by Crippen LogP contribution is -2.38. The largest absolute Gasteiger partial charge is 0.507 e. The van der Waals surface area contributed by atoms with E-state index in [2.05, 4.69) is 41.6 Å². The number of Topliss-reactive ketones (excluding diaryl/α,β-unsaturated/α-hetero) is 1. The number of rotatable bonds is 11. The Hall–Kier alpha value is -2.64. The molecule has 0 aliphatic carbocycles. The number of hydrogen-bond acceptors (Lipinski definition) is 5. The number of likely N-dealkylation sites (tertiary alicyclic amines) is 1. The average Bonchev–Trinajstić information content (AvgIpc) is 3.10. The van der Waals surface area contributed by atoms with Gasteiger partial charge in [0, 0.05) is 23.1 Å². The minimum absolute atomic E-state index is 0.117. The minimum Gasteiger partial charge on any atom is -0.507 e. The number of aliphatic hydroxyl groups is 1. The molecular formula is C28H35BrN2O4. The Kier molecular flexibility index (Phi) is 9.52. The quantitative estimate of drug-likeness (QED) is 0.171. The van der Waals surface area contributed by atoms with E-state index in [0.29, 0.717) is 25.3 Å². The first-order chi connectivity index (χ1) is 16.8. The van der Waals surface area contributed by atoms with Crippen molar-refractivity contribution in [3.8, 4) is 5.75 Å². The summed E-state index contributed by atoms with van der Waals surface area (Å²) in [5, 5.41) is 11.3. The summed E-state index contributed by atoms with van der Waals surface area (Å²) in [5.74, 6) is -0.659. The number of nitrogens with zero attached hydrogens (tertiary/aromatic N) is 2.